The van der Waals surface area contributed by atoms with Crippen molar-refractivity contribution in [1.82, 2.24) is 5.06 Å². The van der Waals surface area contributed by atoms with Crippen LogP contribution < -0.4 is 9.80 Å². The fourth-order valence-electron chi connectivity index (χ4n) is 3.94. The zero-order chi connectivity index (χ0) is 22.2. The van der Waals surface area contributed by atoms with Gasteiger partial charge in [0.25, 0.3) is 0 Å². The van der Waals surface area contributed by atoms with E-state index in [2.05, 4.69) is 4.90 Å². The van der Waals surface area contributed by atoms with Crippen molar-refractivity contribution in [2.45, 2.75) is 33.7 Å². The summed E-state index contributed by atoms with van der Waals surface area (Å²) in [6, 6.07) is 12.3. The van der Waals surface area contributed by atoms with E-state index in [-0.39, 0.29) is 17.7 Å². The number of hydrogen-bond donors (Lipinski definition) is 0. The molecule has 2 aromatic carbocycles. The lowest BCUT2D eigenvalue weighted by Crippen LogP contribution is -2.48. The van der Waals surface area contributed by atoms with E-state index in [9.17, 15) is 14.0 Å². The van der Waals surface area contributed by atoms with Gasteiger partial charge in [0.1, 0.15) is 5.82 Å². The van der Waals surface area contributed by atoms with Crippen LogP contribution in [0, 0.1) is 11.2 Å². The second kappa shape index (κ2) is 8.30. The highest BCUT2D eigenvalue weighted by molar-refractivity contribution is 6.03. The van der Waals surface area contributed by atoms with Crippen LogP contribution >= 0.6 is 0 Å². The predicted octanol–water partition coefficient (Wildman–Crippen LogP) is 3.54. The number of hydroxylamine groups is 2. The fraction of sp³-hybridized carbons (Fsp3) is 0.417. The molecule has 2 aliphatic heterocycles. The minimum absolute atomic E-state index is 0.0180. The molecule has 0 spiro atoms. The average molecular weight is 426 g/mol. The SMILES string of the molecule is CC(C)(C)C(=O)ON1CCN(c2cccc3c2CC(=O)N3Cc2cccc(F)c2)CC1. The van der Waals surface area contributed by atoms with Gasteiger partial charge >= 0.3 is 5.97 Å². The molecule has 0 atom stereocenters. The molecule has 0 aliphatic carbocycles. The Morgan fingerprint density at radius 3 is 2.39 bits per heavy atom. The lowest BCUT2D eigenvalue weighted by Gasteiger charge is -2.36. The average Bonchev–Trinajstić information content (AvgIpc) is 3.03. The number of carbonyl (C=O) groups is 2. The van der Waals surface area contributed by atoms with Gasteiger partial charge < -0.3 is 14.6 Å². The number of fused-ring (bicyclic) bond motifs is 1. The number of halogens is 1. The summed E-state index contributed by atoms with van der Waals surface area (Å²) < 4.78 is 13.6. The Morgan fingerprint density at radius 1 is 1.03 bits per heavy atom. The summed E-state index contributed by atoms with van der Waals surface area (Å²) in [5, 5.41) is 1.72. The Balaban J connectivity index is 1.47. The molecular formula is C24H28FN3O3. The van der Waals surface area contributed by atoms with Crippen molar-refractivity contribution in [3.8, 4) is 0 Å². The number of hydrogen-bond acceptors (Lipinski definition) is 5. The van der Waals surface area contributed by atoms with E-state index in [0.717, 1.165) is 22.5 Å². The number of anilines is 2. The van der Waals surface area contributed by atoms with Crippen molar-refractivity contribution in [2.24, 2.45) is 5.41 Å². The van der Waals surface area contributed by atoms with E-state index in [0.29, 0.717) is 39.1 Å². The first-order chi connectivity index (χ1) is 14.7. The molecule has 7 heteroatoms. The van der Waals surface area contributed by atoms with E-state index in [1.54, 1.807) is 16.0 Å². The summed E-state index contributed by atoms with van der Waals surface area (Å²) in [6.07, 6.45) is 0.333. The van der Waals surface area contributed by atoms with Crippen molar-refractivity contribution in [1.29, 1.82) is 0 Å². The molecule has 0 unspecified atom stereocenters. The van der Waals surface area contributed by atoms with Gasteiger partial charge in [-0.05, 0) is 50.6 Å². The fourth-order valence-corrected chi connectivity index (χ4v) is 3.94. The zero-order valence-corrected chi connectivity index (χ0v) is 18.2. The van der Waals surface area contributed by atoms with Crippen molar-refractivity contribution in [2.75, 3.05) is 36.0 Å². The maximum Gasteiger partial charge on any atom is 0.330 e. The van der Waals surface area contributed by atoms with Crippen molar-refractivity contribution in [3.05, 3.63) is 59.4 Å². The standard InChI is InChI=1S/C24H28FN3O3/c1-24(2,3)23(30)31-27-12-10-26(11-13-27)20-8-5-9-21-19(20)15-22(29)28(21)16-17-6-4-7-18(25)14-17/h4-9,14H,10-13,15-16H2,1-3H3. The molecule has 0 saturated carbocycles. The van der Waals surface area contributed by atoms with Gasteiger partial charge in [-0.15, -0.1) is 5.06 Å². The summed E-state index contributed by atoms with van der Waals surface area (Å²) >= 11 is 0. The molecular weight excluding hydrogens is 397 g/mol. The van der Waals surface area contributed by atoms with Crippen LogP contribution in [0.4, 0.5) is 15.8 Å². The third kappa shape index (κ3) is 4.56. The van der Waals surface area contributed by atoms with Gasteiger partial charge in [-0.3, -0.25) is 4.79 Å². The third-order valence-electron chi connectivity index (χ3n) is 5.68. The Bertz CT molecular complexity index is 994. The van der Waals surface area contributed by atoms with Crippen LogP contribution in [0.2, 0.25) is 0 Å². The Labute approximate surface area is 182 Å². The van der Waals surface area contributed by atoms with Gasteiger partial charge in [0.2, 0.25) is 5.91 Å². The van der Waals surface area contributed by atoms with Gasteiger partial charge in [0.15, 0.2) is 0 Å². The van der Waals surface area contributed by atoms with E-state index in [4.69, 9.17) is 4.84 Å². The molecule has 31 heavy (non-hydrogen) atoms. The normalized spacial score (nSPS) is 17.1. The highest BCUT2D eigenvalue weighted by Gasteiger charge is 2.32. The van der Waals surface area contributed by atoms with Crippen LogP contribution in [0.1, 0.15) is 31.9 Å². The van der Waals surface area contributed by atoms with Crippen LogP contribution in [0.25, 0.3) is 0 Å². The van der Waals surface area contributed by atoms with Crippen LogP contribution in [-0.2, 0) is 27.4 Å². The molecule has 4 rings (SSSR count). The molecule has 1 amide bonds. The predicted molar refractivity (Wildman–Crippen MR) is 117 cm³/mol. The minimum atomic E-state index is -0.539. The number of benzene rings is 2. The third-order valence-corrected chi connectivity index (χ3v) is 5.68. The highest BCUT2D eigenvalue weighted by atomic mass is 19.1. The van der Waals surface area contributed by atoms with E-state index >= 15 is 0 Å². The summed E-state index contributed by atoms with van der Waals surface area (Å²) in [5.41, 5.74) is 3.15. The molecule has 2 aliphatic rings. The molecule has 0 aromatic heterocycles. The first kappa shape index (κ1) is 21.3. The molecule has 1 saturated heterocycles. The minimum Gasteiger partial charge on any atom is -0.368 e. The molecule has 2 aromatic rings. The van der Waals surface area contributed by atoms with Crippen LogP contribution in [0.3, 0.4) is 0 Å². The summed E-state index contributed by atoms with van der Waals surface area (Å²) in [7, 11) is 0. The molecule has 6 nitrogen and oxygen atoms in total. The first-order valence-corrected chi connectivity index (χ1v) is 10.6. The Morgan fingerprint density at radius 2 is 1.71 bits per heavy atom. The second-order valence-electron chi connectivity index (χ2n) is 9.11. The summed E-state index contributed by atoms with van der Waals surface area (Å²) in [4.78, 5) is 34.4. The van der Waals surface area contributed by atoms with Gasteiger partial charge in [-0.25, -0.2) is 9.18 Å². The van der Waals surface area contributed by atoms with E-state index in [1.165, 1.54) is 12.1 Å². The maximum atomic E-state index is 13.6. The number of amides is 1. The Kier molecular flexibility index (Phi) is 5.71. The second-order valence-corrected chi connectivity index (χ2v) is 9.11. The zero-order valence-electron chi connectivity index (χ0n) is 18.2. The number of carbonyl (C=O) groups excluding carboxylic acids is 2. The van der Waals surface area contributed by atoms with Gasteiger partial charge in [-0.1, -0.05) is 18.2 Å². The van der Waals surface area contributed by atoms with E-state index in [1.807, 2.05) is 45.0 Å². The number of rotatable bonds is 4. The van der Waals surface area contributed by atoms with Crippen molar-refractivity contribution < 1.29 is 18.8 Å². The van der Waals surface area contributed by atoms with Crippen molar-refractivity contribution in [3.63, 3.8) is 0 Å². The first-order valence-electron chi connectivity index (χ1n) is 10.6. The smallest absolute Gasteiger partial charge is 0.330 e. The van der Waals surface area contributed by atoms with Crippen molar-refractivity contribution >= 4 is 23.3 Å². The summed E-state index contributed by atoms with van der Waals surface area (Å²) in [5.74, 6) is -0.521. The largest absolute Gasteiger partial charge is 0.368 e. The van der Waals surface area contributed by atoms with Gasteiger partial charge in [0.05, 0.1) is 31.5 Å². The highest BCUT2D eigenvalue weighted by Crippen LogP contribution is 2.37. The number of piperazine rings is 1. The lowest BCUT2D eigenvalue weighted by atomic mass is 9.98. The van der Waals surface area contributed by atoms with Gasteiger partial charge in [-0.2, -0.15) is 0 Å². The van der Waals surface area contributed by atoms with E-state index < -0.39 is 5.41 Å². The topological polar surface area (TPSA) is 53.1 Å². The van der Waals surface area contributed by atoms with Crippen LogP contribution in [0.15, 0.2) is 42.5 Å². The van der Waals surface area contributed by atoms with Gasteiger partial charge in [0, 0.05) is 30.0 Å². The quantitative estimate of drug-likeness (QED) is 0.750. The Hall–Kier alpha value is -2.93. The molecule has 2 heterocycles. The van der Waals surface area contributed by atoms with Crippen LogP contribution in [-0.4, -0.2) is 43.1 Å². The molecule has 1 fully saturated rings. The summed E-state index contributed by atoms with van der Waals surface area (Å²) in [6.45, 7) is 8.47. The number of nitrogens with zero attached hydrogens (tertiary/aromatic N) is 3. The lowest BCUT2D eigenvalue weighted by molar-refractivity contribution is -0.201. The maximum absolute atomic E-state index is 13.6. The molecule has 0 radical (unpaired) electrons. The monoisotopic (exact) mass is 425 g/mol. The molecule has 0 N–H and O–H groups in total. The van der Waals surface area contributed by atoms with Crippen LogP contribution in [0.5, 0.6) is 0 Å². The molecule has 164 valence electrons. The molecule has 0 bridgehead atoms.